The van der Waals surface area contributed by atoms with E-state index in [0.717, 1.165) is 5.65 Å². The number of anilines is 1. The van der Waals surface area contributed by atoms with E-state index >= 15 is 0 Å². The lowest BCUT2D eigenvalue weighted by Crippen LogP contribution is -2.34. The molecule has 0 amide bonds. The van der Waals surface area contributed by atoms with Gasteiger partial charge in [0.1, 0.15) is 0 Å². The van der Waals surface area contributed by atoms with Crippen LogP contribution >= 0.6 is 11.6 Å². The first kappa shape index (κ1) is 11.5. The SMILES string of the molecule is Clc1ccc2nc(NC3CCN4CCCC34)nn2c1. The summed E-state index contributed by atoms with van der Waals surface area (Å²) in [6.45, 7) is 2.44. The highest BCUT2D eigenvalue weighted by Gasteiger charge is 2.37. The minimum Gasteiger partial charge on any atom is -0.349 e. The van der Waals surface area contributed by atoms with Gasteiger partial charge in [-0.3, -0.25) is 4.90 Å². The molecule has 4 rings (SSSR count). The van der Waals surface area contributed by atoms with Gasteiger partial charge in [0.25, 0.3) is 0 Å². The van der Waals surface area contributed by atoms with Crippen molar-refractivity contribution in [2.75, 3.05) is 18.4 Å². The average Bonchev–Trinajstić information content (AvgIpc) is 3.05. The average molecular weight is 278 g/mol. The normalized spacial score (nSPS) is 27.0. The number of rotatable bonds is 2. The molecule has 5 nitrogen and oxygen atoms in total. The molecule has 2 aliphatic heterocycles. The van der Waals surface area contributed by atoms with E-state index in [-0.39, 0.29) is 0 Å². The van der Waals surface area contributed by atoms with Crippen molar-refractivity contribution >= 4 is 23.2 Å². The molecule has 2 aromatic rings. The standard InChI is InChI=1S/C13H16ClN5/c14-9-3-4-12-16-13(17-19(12)8-9)15-10-5-7-18-6-1-2-11(10)18/h3-4,8,10-11H,1-2,5-7H2,(H,15,17). The van der Waals surface area contributed by atoms with Crippen molar-refractivity contribution in [3.63, 3.8) is 0 Å². The van der Waals surface area contributed by atoms with Crippen molar-refractivity contribution in [1.29, 1.82) is 0 Å². The molecule has 4 heterocycles. The summed E-state index contributed by atoms with van der Waals surface area (Å²) >= 11 is 5.96. The lowest BCUT2D eigenvalue weighted by Gasteiger charge is -2.20. The molecule has 0 bridgehead atoms. The van der Waals surface area contributed by atoms with Crippen LogP contribution in [0.15, 0.2) is 18.3 Å². The maximum Gasteiger partial charge on any atom is 0.243 e. The van der Waals surface area contributed by atoms with E-state index in [1.807, 2.05) is 12.1 Å². The Morgan fingerprint density at radius 3 is 3.16 bits per heavy atom. The number of aromatic nitrogens is 3. The third-order valence-electron chi connectivity index (χ3n) is 4.22. The van der Waals surface area contributed by atoms with Crippen molar-refractivity contribution in [1.82, 2.24) is 19.5 Å². The summed E-state index contributed by atoms with van der Waals surface area (Å²) in [6.07, 6.45) is 5.57. The maximum absolute atomic E-state index is 5.96. The van der Waals surface area contributed by atoms with Gasteiger partial charge in [-0.2, -0.15) is 4.98 Å². The van der Waals surface area contributed by atoms with Crippen molar-refractivity contribution < 1.29 is 0 Å². The molecule has 1 N–H and O–H groups in total. The van der Waals surface area contributed by atoms with Crippen LogP contribution < -0.4 is 5.32 Å². The van der Waals surface area contributed by atoms with Crippen LogP contribution in [-0.2, 0) is 0 Å². The number of nitrogens with one attached hydrogen (secondary N) is 1. The van der Waals surface area contributed by atoms with Crippen LogP contribution in [0.5, 0.6) is 0 Å². The van der Waals surface area contributed by atoms with Crippen molar-refractivity contribution in [3.8, 4) is 0 Å². The topological polar surface area (TPSA) is 45.5 Å². The zero-order valence-corrected chi connectivity index (χ0v) is 11.3. The Labute approximate surface area is 116 Å². The fourth-order valence-electron chi connectivity index (χ4n) is 3.34. The molecule has 2 unspecified atom stereocenters. The third-order valence-corrected chi connectivity index (χ3v) is 4.44. The smallest absolute Gasteiger partial charge is 0.243 e. The van der Waals surface area contributed by atoms with Crippen LogP contribution in [0.2, 0.25) is 5.02 Å². The molecule has 0 aromatic carbocycles. The van der Waals surface area contributed by atoms with Crippen LogP contribution in [-0.4, -0.2) is 44.7 Å². The number of nitrogens with zero attached hydrogens (tertiary/aromatic N) is 4. The highest BCUT2D eigenvalue weighted by Crippen LogP contribution is 2.29. The minimum absolute atomic E-state index is 0.482. The van der Waals surface area contributed by atoms with E-state index in [4.69, 9.17) is 11.6 Å². The molecule has 0 radical (unpaired) electrons. The van der Waals surface area contributed by atoms with Gasteiger partial charge in [0.2, 0.25) is 5.95 Å². The van der Waals surface area contributed by atoms with Gasteiger partial charge in [0.05, 0.1) is 5.02 Å². The second-order valence-corrected chi connectivity index (χ2v) is 5.81. The van der Waals surface area contributed by atoms with E-state index in [9.17, 15) is 0 Å². The summed E-state index contributed by atoms with van der Waals surface area (Å²) in [5, 5.41) is 8.61. The lowest BCUT2D eigenvalue weighted by molar-refractivity contribution is 0.318. The van der Waals surface area contributed by atoms with Gasteiger partial charge >= 0.3 is 0 Å². The Kier molecular flexibility index (Phi) is 2.63. The van der Waals surface area contributed by atoms with Crippen LogP contribution in [0.4, 0.5) is 5.95 Å². The van der Waals surface area contributed by atoms with E-state index in [0.29, 0.717) is 23.1 Å². The zero-order valence-electron chi connectivity index (χ0n) is 10.6. The highest BCUT2D eigenvalue weighted by molar-refractivity contribution is 6.30. The molecular formula is C13H16ClN5. The molecular weight excluding hydrogens is 262 g/mol. The molecule has 0 aliphatic carbocycles. The van der Waals surface area contributed by atoms with Crippen molar-refractivity contribution in [2.45, 2.75) is 31.3 Å². The van der Waals surface area contributed by atoms with E-state index < -0.39 is 0 Å². The predicted octanol–water partition coefficient (Wildman–Crippen LogP) is 2.03. The Balaban J connectivity index is 1.58. The van der Waals surface area contributed by atoms with Gasteiger partial charge in [-0.15, -0.1) is 5.10 Å². The van der Waals surface area contributed by atoms with E-state index in [1.54, 1.807) is 10.7 Å². The number of pyridine rings is 1. The van der Waals surface area contributed by atoms with Crippen LogP contribution in [0, 0.1) is 0 Å². The molecule has 2 aromatic heterocycles. The van der Waals surface area contributed by atoms with Gasteiger partial charge < -0.3 is 5.32 Å². The quantitative estimate of drug-likeness (QED) is 0.912. The molecule has 100 valence electrons. The van der Waals surface area contributed by atoms with Gasteiger partial charge in [-0.25, -0.2) is 4.52 Å². The summed E-state index contributed by atoms with van der Waals surface area (Å²) in [6, 6.07) is 4.87. The lowest BCUT2D eigenvalue weighted by atomic mass is 10.1. The Bertz CT molecular complexity index is 610. The second kappa shape index (κ2) is 4.35. The van der Waals surface area contributed by atoms with Crippen LogP contribution in [0.1, 0.15) is 19.3 Å². The van der Waals surface area contributed by atoms with Gasteiger partial charge in [-0.1, -0.05) is 11.6 Å². The number of fused-ring (bicyclic) bond motifs is 2. The first-order chi connectivity index (χ1) is 9.29. The molecule has 2 saturated heterocycles. The second-order valence-electron chi connectivity index (χ2n) is 5.37. The first-order valence-electron chi connectivity index (χ1n) is 6.82. The molecule has 19 heavy (non-hydrogen) atoms. The fraction of sp³-hybridized carbons (Fsp3) is 0.538. The Hall–Kier alpha value is -1.33. The van der Waals surface area contributed by atoms with Crippen LogP contribution in [0.3, 0.4) is 0 Å². The summed E-state index contributed by atoms with van der Waals surface area (Å²) in [4.78, 5) is 7.07. The molecule has 2 atom stereocenters. The number of hydrogen-bond acceptors (Lipinski definition) is 4. The van der Waals surface area contributed by atoms with Crippen LogP contribution in [0.25, 0.3) is 5.65 Å². The summed E-state index contributed by atoms with van der Waals surface area (Å²) < 4.78 is 1.73. The summed E-state index contributed by atoms with van der Waals surface area (Å²) in [5.41, 5.74) is 0.827. The van der Waals surface area contributed by atoms with Crippen molar-refractivity contribution in [2.24, 2.45) is 0 Å². The zero-order chi connectivity index (χ0) is 12.8. The van der Waals surface area contributed by atoms with Gasteiger partial charge in [0.15, 0.2) is 5.65 Å². The van der Waals surface area contributed by atoms with E-state index in [1.165, 1.54) is 32.4 Å². The number of hydrogen-bond donors (Lipinski definition) is 1. The minimum atomic E-state index is 0.482. The molecule has 2 fully saturated rings. The van der Waals surface area contributed by atoms with Crippen molar-refractivity contribution in [3.05, 3.63) is 23.4 Å². The predicted molar refractivity (Wildman–Crippen MR) is 74.6 cm³/mol. The first-order valence-corrected chi connectivity index (χ1v) is 7.20. The van der Waals surface area contributed by atoms with E-state index in [2.05, 4.69) is 20.3 Å². The van der Waals surface area contributed by atoms with Gasteiger partial charge in [0, 0.05) is 24.8 Å². The monoisotopic (exact) mass is 277 g/mol. The molecule has 2 aliphatic rings. The summed E-state index contributed by atoms with van der Waals surface area (Å²) in [7, 11) is 0. The summed E-state index contributed by atoms with van der Waals surface area (Å²) in [5.74, 6) is 0.709. The maximum atomic E-state index is 5.96. The van der Waals surface area contributed by atoms with Gasteiger partial charge in [-0.05, 0) is 37.9 Å². The molecule has 6 heteroatoms. The molecule has 0 saturated carbocycles. The largest absolute Gasteiger partial charge is 0.349 e. The number of halogens is 1. The third kappa shape index (κ3) is 1.97. The Morgan fingerprint density at radius 2 is 2.21 bits per heavy atom. The fourth-order valence-corrected chi connectivity index (χ4v) is 3.49. The highest BCUT2D eigenvalue weighted by atomic mass is 35.5. The Morgan fingerprint density at radius 1 is 1.26 bits per heavy atom. The molecule has 0 spiro atoms.